The Kier molecular flexibility index (Phi) is 9.06. The number of allylic oxidation sites excluding steroid dienone is 1. The third kappa shape index (κ3) is 7.24. The first-order chi connectivity index (χ1) is 19.5. The van der Waals surface area contributed by atoms with Crippen LogP contribution in [-0.4, -0.2) is 57.3 Å². The number of nitrogens with one attached hydrogen (secondary N) is 2. The van der Waals surface area contributed by atoms with Crippen molar-refractivity contribution in [2.24, 2.45) is 10.9 Å². The second kappa shape index (κ2) is 13.0. The van der Waals surface area contributed by atoms with Crippen LogP contribution in [0.4, 0.5) is 10.3 Å². The molecule has 2 N–H and O–H groups in total. The van der Waals surface area contributed by atoms with Crippen molar-refractivity contribution in [3.63, 3.8) is 0 Å². The summed E-state index contributed by atoms with van der Waals surface area (Å²) in [7, 11) is 3.12. The third-order valence-corrected chi connectivity index (χ3v) is 8.82. The van der Waals surface area contributed by atoms with E-state index in [2.05, 4.69) is 41.0 Å². The van der Waals surface area contributed by atoms with Gasteiger partial charge in [0.25, 0.3) is 0 Å². The molecule has 14 heteroatoms. The first-order valence-corrected chi connectivity index (χ1v) is 14.6. The molecule has 3 atom stereocenters. The molecule has 2 amide bonds. The maximum absolute atomic E-state index is 12.6. The van der Waals surface area contributed by atoms with Crippen LogP contribution in [0.15, 0.2) is 35.6 Å². The van der Waals surface area contributed by atoms with Crippen LogP contribution in [0.2, 0.25) is 0 Å². The van der Waals surface area contributed by atoms with Gasteiger partial charge in [0.1, 0.15) is 10.0 Å². The van der Waals surface area contributed by atoms with E-state index < -0.39 is 0 Å². The number of aliphatic imine (C=N–C) groups is 1. The molecule has 1 aliphatic heterocycles. The maximum atomic E-state index is 12.6. The molecule has 4 heterocycles. The average Bonchev–Trinajstić information content (AvgIpc) is 3.63. The Hall–Kier alpha value is -3.78. The minimum Gasteiger partial charge on any atom is -0.484 e. The molecule has 0 aromatic carbocycles. The fraction of sp³-hybridized carbons (Fsp3) is 0.462. The van der Waals surface area contributed by atoms with E-state index in [9.17, 15) is 9.59 Å². The predicted molar refractivity (Wildman–Crippen MR) is 152 cm³/mol. The topological polar surface area (TPSA) is 153 Å². The van der Waals surface area contributed by atoms with Gasteiger partial charge < -0.3 is 20.1 Å². The van der Waals surface area contributed by atoms with E-state index in [1.54, 1.807) is 31.6 Å². The Morgan fingerprint density at radius 3 is 2.35 bits per heavy atom. The number of carbonyl (C=O) groups excluding carboxylic acids is 2. The quantitative estimate of drug-likeness (QED) is 0.375. The zero-order chi connectivity index (χ0) is 27.9. The van der Waals surface area contributed by atoms with Gasteiger partial charge in [-0.05, 0) is 36.8 Å². The van der Waals surface area contributed by atoms with Gasteiger partial charge in [0, 0.05) is 43.1 Å². The number of ether oxygens (including phenoxy) is 2. The van der Waals surface area contributed by atoms with Gasteiger partial charge in [0.2, 0.25) is 28.0 Å². The lowest BCUT2D eigenvalue weighted by atomic mass is 9.82. The van der Waals surface area contributed by atoms with Crippen LogP contribution >= 0.6 is 22.7 Å². The van der Waals surface area contributed by atoms with Gasteiger partial charge in [0.05, 0.1) is 20.6 Å². The van der Waals surface area contributed by atoms with Crippen molar-refractivity contribution in [2.75, 3.05) is 24.9 Å². The number of nitrogens with zero attached hydrogens (tertiary/aromatic N) is 6. The minimum atomic E-state index is -0.173. The van der Waals surface area contributed by atoms with Crippen molar-refractivity contribution >= 4 is 50.6 Å². The Labute approximate surface area is 239 Å². The van der Waals surface area contributed by atoms with Gasteiger partial charge >= 0.3 is 0 Å². The summed E-state index contributed by atoms with van der Waals surface area (Å²) in [5, 5.41) is 25.8. The Morgan fingerprint density at radius 2 is 1.68 bits per heavy atom. The lowest BCUT2D eigenvalue weighted by Gasteiger charge is -2.25. The van der Waals surface area contributed by atoms with E-state index in [0.717, 1.165) is 41.3 Å². The van der Waals surface area contributed by atoms with Crippen molar-refractivity contribution in [3.05, 3.63) is 46.2 Å². The van der Waals surface area contributed by atoms with Gasteiger partial charge in [0.15, 0.2) is 5.90 Å². The molecule has 210 valence electrons. The fourth-order valence-electron chi connectivity index (χ4n) is 4.84. The molecule has 12 nitrogen and oxygen atoms in total. The summed E-state index contributed by atoms with van der Waals surface area (Å²) in [6.07, 6.45) is 10.2. The van der Waals surface area contributed by atoms with Crippen molar-refractivity contribution in [1.82, 2.24) is 25.4 Å². The largest absolute Gasteiger partial charge is 0.484 e. The number of aromatic nitrogens is 5. The summed E-state index contributed by atoms with van der Waals surface area (Å²) in [4.78, 5) is 33.3. The molecule has 0 spiro atoms. The normalized spacial score (nSPS) is 20.4. The lowest BCUT2D eigenvalue weighted by molar-refractivity contribution is -0.117. The molecular weight excluding hydrogens is 552 g/mol. The number of amides is 2. The van der Waals surface area contributed by atoms with Crippen molar-refractivity contribution in [1.29, 1.82) is 0 Å². The van der Waals surface area contributed by atoms with Crippen LogP contribution in [0.3, 0.4) is 0 Å². The van der Waals surface area contributed by atoms with Crippen LogP contribution in [-0.2, 0) is 20.7 Å². The smallest absolute Gasteiger partial charge is 0.230 e. The van der Waals surface area contributed by atoms with E-state index in [0.29, 0.717) is 34.9 Å². The Morgan fingerprint density at radius 1 is 0.975 bits per heavy atom. The molecule has 1 fully saturated rings. The van der Waals surface area contributed by atoms with Gasteiger partial charge in [-0.2, -0.15) is 0 Å². The van der Waals surface area contributed by atoms with Crippen molar-refractivity contribution in [3.8, 4) is 5.88 Å². The fourth-order valence-corrected chi connectivity index (χ4v) is 6.65. The van der Waals surface area contributed by atoms with Crippen LogP contribution < -0.4 is 15.4 Å². The van der Waals surface area contributed by atoms with E-state index in [1.807, 2.05) is 6.08 Å². The molecule has 1 saturated carbocycles. The van der Waals surface area contributed by atoms with Gasteiger partial charge in [-0.1, -0.05) is 35.2 Å². The summed E-state index contributed by atoms with van der Waals surface area (Å²) < 4.78 is 10.3. The second-order valence-corrected chi connectivity index (χ2v) is 11.7. The summed E-state index contributed by atoms with van der Waals surface area (Å²) in [6.45, 7) is 0. The first-order valence-electron chi connectivity index (χ1n) is 13.0. The standard InChI is InChI=1S/C26H30N8O4S2/c1-37-21-12-15(6-8-27-21)10-19(35)29-25-33-31-23(39-25)17-4-3-5-18(14-17)24-32-34-26(40-24)30-20(36)11-16-7-9-28-22(13-16)38-2/h6-9,12,16-18H,3-5,10-11,13-14H2,1-2H3,(H,29,33,35)(H,30,34,36). The number of carbonyl (C=O) groups is 2. The Bertz CT molecular complexity index is 1400. The van der Waals surface area contributed by atoms with Gasteiger partial charge in [-0.25, -0.2) is 9.98 Å². The number of anilines is 2. The molecule has 0 radical (unpaired) electrons. The minimum absolute atomic E-state index is 0.0414. The number of hydrogen-bond donors (Lipinski definition) is 2. The zero-order valence-electron chi connectivity index (χ0n) is 22.2. The summed E-state index contributed by atoms with van der Waals surface area (Å²) in [6, 6.07) is 3.51. The SMILES string of the molecule is COC1=NC=CC(CC(=O)Nc2nnc(C3CCCC(c4nnc(NC(=O)Cc5ccnc(OC)c5)s4)C3)s2)C1. The second-order valence-electron chi connectivity index (χ2n) is 9.67. The van der Waals surface area contributed by atoms with Crippen LogP contribution in [0, 0.1) is 5.92 Å². The molecule has 3 unspecified atom stereocenters. The van der Waals surface area contributed by atoms with Crippen molar-refractivity contribution < 1.29 is 19.1 Å². The highest BCUT2D eigenvalue weighted by Gasteiger charge is 2.29. The molecule has 5 rings (SSSR count). The van der Waals surface area contributed by atoms with E-state index in [1.165, 1.54) is 29.8 Å². The highest BCUT2D eigenvalue weighted by atomic mass is 32.1. The molecule has 1 aliphatic carbocycles. The predicted octanol–water partition coefficient (Wildman–Crippen LogP) is 4.32. The summed E-state index contributed by atoms with van der Waals surface area (Å²) >= 11 is 2.84. The van der Waals surface area contributed by atoms with E-state index in [4.69, 9.17) is 9.47 Å². The van der Waals surface area contributed by atoms with Gasteiger partial charge in [-0.15, -0.1) is 20.4 Å². The highest BCUT2D eigenvalue weighted by molar-refractivity contribution is 7.15. The first kappa shape index (κ1) is 27.8. The molecular formula is C26H30N8O4S2. The molecule has 0 bridgehead atoms. The van der Waals surface area contributed by atoms with E-state index in [-0.39, 0.29) is 36.0 Å². The van der Waals surface area contributed by atoms with Crippen LogP contribution in [0.5, 0.6) is 5.88 Å². The summed E-state index contributed by atoms with van der Waals surface area (Å²) in [5.41, 5.74) is 0.803. The van der Waals surface area contributed by atoms with E-state index >= 15 is 0 Å². The lowest BCUT2D eigenvalue weighted by Crippen LogP contribution is -2.19. The molecule has 3 aromatic heterocycles. The summed E-state index contributed by atoms with van der Waals surface area (Å²) in [5.74, 6) is 1.31. The monoisotopic (exact) mass is 582 g/mol. The third-order valence-electron chi connectivity index (χ3n) is 6.82. The number of methoxy groups -OCH3 is 2. The maximum Gasteiger partial charge on any atom is 0.230 e. The van der Waals surface area contributed by atoms with Gasteiger partial charge in [-0.3, -0.25) is 9.59 Å². The number of hydrogen-bond acceptors (Lipinski definition) is 12. The van der Waals surface area contributed by atoms with Crippen LogP contribution in [0.1, 0.15) is 65.9 Å². The molecule has 40 heavy (non-hydrogen) atoms. The molecule has 2 aliphatic rings. The Balaban J connectivity index is 1.13. The van der Waals surface area contributed by atoms with Crippen LogP contribution in [0.25, 0.3) is 0 Å². The molecule has 0 saturated heterocycles. The zero-order valence-corrected chi connectivity index (χ0v) is 23.8. The highest BCUT2D eigenvalue weighted by Crippen LogP contribution is 2.43. The molecule has 3 aromatic rings. The number of rotatable bonds is 9. The number of pyridine rings is 1. The van der Waals surface area contributed by atoms with Crippen molar-refractivity contribution in [2.45, 2.75) is 56.8 Å². The average molecular weight is 583 g/mol.